The highest BCUT2D eigenvalue weighted by atomic mass is 32.1. The molecule has 54 heavy (non-hydrogen) atoms. The van der Waals surface area contributed by atoms with Gasteiger partial charge in [-0.1, -0.05) is 121 Å². The average Bonchev–Trinajstić information content (AvgIpc) is 3.77. The van der Waals surface area contributed by atoms with E-state index in [4.69, 9.17) is 15.0 Å². The molecule has 7 aromatic carbocycles. The Morgan fingerprint density at radius 2 is 1.04 bits per heavy atom. The first-order valence-corrected chi connectivity index (χ1v) is 18.9. The van der Waals surface area contributed by atoms with Crippen molar-refractivity contribution >= 4 is 64.2 Å². The summed E-state index contributed by atoms with van der Waals surface area (Å²) < 4.78 is 4.99. The van der Waals surface area contributed by atoms with E-state index >= 15 is 0 Å². The van der Waals surface area contributed by atoms with Crippen molar-refractivity contribution in [2.75, 3.05) is 0 Å². The first-order chi connectivity index (χ1) is 26.7. The zero-order chi connectivity index (χ0) is 35.6. The second-order valence-electron chi connectivity index (χ2n) is 13.7. The normalized spacial score (nSPS) is 11.7. The third-order valence-electron chi connectivity index (χ3n) is 10.4. The highest BCUT2D eigenvalue weighted by Gasteiger charge is 2.17. The topological polar surface area (TPSA) is 43.6 Å². The van der Waals surface area contributed by atoms with Crippen LogP contribution in [-0.4, -0.2) is 19.5 Å². The molecule has 0 saturated carbocycles. The maximum absolute atomic E-state index is 5.07. The van der Waals surface area contributed by atoms with Gasteiger partial charge in [0.25, 0.3) is 0 Å². The summed E-state index contributed by atoms with van der Waals surface area (Å²) in [5.74, 6) is 0.608. The zero-order valence-corrected chi connectivity index (χ0v) is 29.8. The summed E-state index contributed by atoms with van der Waals surface area (Å²) in [6.45, 7) is 0. The van der Waals surface area contributed by atoms with Gasteiger partial charge in [0.2, 0.25) is 0 Å². The largest absolute Gasteiger partial charge is 0.309 e. The summed E-state index contributed by atoms with van der Waals surface area (Å²) in [5, 5.41) is 6.21. The van der Waals surface area contributed by atoms with Crippen molar-refractivity contribution < 1.29 is 0 Å². The third kappa shape index (κ3) is 5.09. The minimum absolute atomic E-state index is 0.608. The summed E-state index contributed by atoms with van der Waals surface area (Å²) >= 11 is 1.86. The van der Waals surface area contributed by atoms with Crippen LogP contribution in [0, 0.1) is 0 Å². The minimum atomic E-state index is 0.608. The van der Waals surface area contributed by atoms with Gasteiger partial charge in [0.05, 0.1) is 27.9 Å². The van der Waals surface area contributed by atoms with Crippen molar-refractivity contribution in [3.8, 4) is 50.8 Å². The molecule has 0 unspecified atom stereocenters. The summed E-state index contributed by atoms with van der Waals surface area (Å²) in [6.07, 6.45) is 0. The number of hydrogen-bond acceptors (Lipinski definition) is 4. The molecule has 0 spiro atoms. The number of hydrogen-bond donors (Lipinski definition) is 0. The highest BCUT2D eigenvalue weighted by Crippen LogP contribution is 2.42. The number of para-hydroxylation sites is 3. The lowest BCUT2D eigenvalue weighted by molar-refractivity contribution is 1.16. The molecule has 0 aliphatic carbocycles. The van der Waals surface area contributed by atoms with Crippen LogP contribution in [0.15, 0.2) is 182 Å². The number of benzene rings is 7. The van der Waals surface area contributed by atoms with Crippen molar-refractivity contribution in [2.45, 2.75) is 0 Å². The van der Waals surface area contributed by atoms with E-state index < -0.39 is 0 Å². The van der Waals surface area contributed by atoms with E-state index in [1.165, 1.54) is 53.2 Å². The van der Waals surface area contributed by atoms with Crippen molar-refractivity contribution in [3.05, 3.63) is 182 Å². The Morgan fingerprint density at radius 1 is 0.370 bits per heavy atom. The third-order valence-corrected chi connectivity index (χ3v) is 11.5. The van der Waals surface area contributed by atoms with E-state index in [1.54, 1.807) is 0 Å². The summed E-state index contributed by atoms with van der Waals surface area (Å²) in [7, 11) is 0. The first kappa shape index (κ1) is 30.7. The number of nitrogens with zero attached hydrogens (tertiary/aromatic N) is 4. The lowest BCUT2D eigenvalue weighted by Gasteiger charge is -2.10. The van der Waals surface area contributed by atoms with Gasteiger partial charge in [-0.15, -0.1) is 11.3 Å². The lowest BCUT2D eigenvalue weighted by Crippen LogP contribution is -1.97. The quantitative estimate of drug-likeness (QED) is 0.179. The molecule has 11 aromatic rings. The van der Waals surface area contributed by atoms with E-state index in [0.717, 1.165) is 44.7 Å². The van der Waals surface area contributed by atoms with Gasteiger partial charge >= 0.3 is 0 Å². The van der Waals surface area contributed by atoms with Crippen molar-refractivity contribution in [1.82, 2.24) is 19.5 Å². The predicted molar refractivity (Wildman–Crippen MR) is 226 cm³/mol. The van der Waals surface area contributed by atoms with Crippen LogP contribution >= 0.6 is 11.3 Å². The number of rotatable bonds is 5. The van der Waals surface area contributed by atoms with Crippen LogP contribution in [0.25, 0.3) is 104 Å². The molecule has 252 valence electrons. The summed E-state index contributed by atoms with van der Waals surface area (Å²) in [6, 6.07) is 64.4. The Labute approximate surface area is 315 Å². The van der Waals surface area contributed by atoms with Crippen LogP contribution in [0.3, 0.4) is 0 Å². The Kier molecular flexibility index (Phi) is 7.00. The summed E-state index contributed by atoms with van der Waals surface area (Å²) in [4.78, 5) is 15.0. The van der Waals surface area contributed by atoms with Gasteiger partial charge in [-0.05, 0) is 71.8 Å². The number of aromatic nitrogens is 4. The van der Waals surface area contributed by atoms with E-state index in [-0.39, 0.29) is 0 Å². The monoisotopic (exact) mass is 706 g/mol. The van der Waals surface area contributed by atoms with Crippen LogP contribution in [0.1, 0.15) is 0 Å². The van der Waals surface area contributed by atoms with Crippen molar-refractivity contribution in [1.29, 1.82) is 0 Å². The molecular weight excluding hydrogens is 677 g/mol. The molecule has 0 atom stereocenters. The fourth-order valence-electron chi connectivity index (χ4n) is 7.76. The summed E-state index contributed by atoms with van der Waals surface area (Å²) in [5.41, 5.74) is 11.4. The molecule has 0 bridgehead atoms. The zero-order valence-electron chi connectivity index (χ0n) is 29.0. The maximum atomic E-state index is 5.07. The van der Waals surface area contributed by atoms with Crippen LogP contribution in [0.4, 0.5) is 0 Å². The molecule has 0 saturated heterocycles. The predicted octanol–water partition coefficient (Wildman–Crippen LogP) is 13.2. The van der Waals surface area contributed by atoms with Gasteiger partial charge in [-0.2, -0.15) is 0 Å². The first-order valence-electron chi connectivity index (χ1n) is 18.1. The standard InChI is InChI=1S/C49H30N4S/c1-3-11-32(12-4-1)43-30-44(52-49(51-43)42-25-23-33-13-7-9-17-41(33)50-42)34-21-19-31(20-22-34)35-24-26-47-39(27-35)40-28-46-38(29-48(40)54-47)37-16-8-10-18-45(37)53(46)36-14-5-2-6-15-36/h1-30H. The maximum Gasteiger partial charge on any atom is 0.179 e. The fraction of sp³-hybridized carbons (Fsp3) is 0. The molecule has 11 rings (SSSR count). The number of fused-ring (bicyclic) bond motifs is 7. The molecule has 4 heterocycles. The van der Waals surface area contributed by atoms with Gasteiger partial charge in [-0.25, -0.2) is 15.0 Å². The minimum Gasteiger partial charge on any atom is -0.309 e. The lowest BCUT2D eigenvalue weighted by atomic mass is 10.00. The Balaban J connectivity index is 1.01. The molecule has 4 aromatic heterocycles. The SMILES string of the molecule is c1ccc(-c2cc(-c3ccc(-c4ccc5sc6cc7c8ccccc8n(-c8ccccc8)c7cc6c5c4)cc3)nc(-c3ccc4ccccc4n3)n2)cc1. The number of pyridine rings is 1. The van der Waals surface area contributed by atoms with E-state index in [2.05, 4.69) is 144 Å². The molecule has 0 N–H and O–H groups in total. The van der Waals surface area contributed by atoms with Crippen LogP contribution in [0.2, 0.25) is 0 Å². The van der Waals surface area contributed by atoms with Crippen LogP contribution < -0.4 is 0 Å². The van der Waals surface area contributed by atoms with Gasteiger partial charge in [0, 0.05) is 53.1 Å². The Bertz CT molecular complexity index is 3200. The van der Waals surface area contributed by atoms with Crippen LogP contribution in [-0.2, 0) is 0 Å². The molecule has 0 radical (unpaired) electrons. The van der Waals surface area contributed by atoms with Gasteiger partial charge in [-0.3, -0.25) is 0 Å². The van der Waals surface area contributed by atoms with Gasteiger partial charge in [0.15, 0.2) is 5.82 Å². The molecule has 4 nitrogen and oxygen atoms in total. The Hall–Kier alpha value is -6.95. The fourth-order valence-corrected chi connectivity index (χ4v) is 8.87. The van der Waals surface area contributed by atoms with Crippen molar-refractivity contribution in [3.63, 3.8) is 0 Å². The Morgan fingerprint density at radius 3 is 1.87 bits per heavy atom. The number of thiophene rings is 1. The van der Waals surface area contributed by atoms with E-state index in [9.17, 15) is 0 Å². The van der Waals surface area contributed by atoms with Crippen molar-refractivity contribution in [2.24, 2.45) is 0 Å². The molecular formula is C49H30N4S. The second-order valence-corrected chi connectivity index (χ2v) is 14.7. The van der Waals surface area contributed by atoms with E-state index in [1.807, 2.05) is 53.8 Å². The molecule has 0 aliphatic heterocycles. The highest BCUT2D eigenvalue weighted by molar-refractivity contribution is 7.25. The second kappa shape index (κ2) is 12.3. The smallest absolute Gasteiger partial charge is 0.179 e. The molecule has 0 amide bonds. The molecule has 0 fully saturated rings. The average molecular weight is 707 g/mol. The molecule has 5 heteroatoms. The van der Waals surface area contributed by atoms with Crippen LogP contribution in [0.5, 0.6) is 0 Å². The van der Waals surface area contributed by atoms with Gasteiger partial charge < -0.3 is 4.57 Å². The van der Waals surface area contributed by atoms with E-state index in [0.29, 0.717) is 5.82 Å². The molecule has 0 aliphatic rings. The van der Waals surface area contributed by atoms with Gasteiger partial charge in [0.1, 0.15) is 5.69 Å².